The smallest absolute Gasteiger partial charge is 0.130 e. The number of phenols is 1. The van der Waals surface area contributed by atoms with E-state index in [1.807, 2.05) is 13.0 Å². The number of phenolic OH excluding ortho intramolecular Hbond substituents is 1. The molecule has 1 rings (SSSR count). The standard InChI is InChI=1S/C9H12BrNO2/c1-5-2-6(7(11)4-12)3-8(13)9(5)10/h2-3,7,12-13H,4,11H2,1H3. The van der Waals surface area contributed by atoms with Gasteiger partial charge in [-0.2, -0.15) is 0 Å². The molecule has 4 heteroatoms. The van der Waals surface area contributed by atoms with Crippen LogP contribution in [0.2, 0.25) is 0 Å². The molecule has 1 atom stereocenters. The maximum absolute atomic E-state index is 9.44. The Kier molecular flexibility index (Phi) is 3.30. The maximum Gasteiger partial charge on any atom is 0.130 e. The van der Waals surface area contributed by atoms with Gasteiger partial charge in [0.2, 0.25) is 0 Å². The quantitative estimate of drug-likeness (QED) is 0.739. The maximum atomic E-state index is 9.44. The van der Waals surface area contributed by atoms with E-state index in [0.29, 0.717) is 4.47 Å². The van der Waals surface area contributed by atoms with Crippen molar-refractivity contribution in [2.75, 3.05) is 6.61 Å². The second-order valence-corrected chi connectivity index (χ2v) is 3.75. The zero-order valence-electron chi connectivity index (χ0n) is 7.29. The van der Waals surface area contributed by atoms with Gasteiger partial charge in [-0.25, -0.2) is 0 Å². The lowest BCUT2D eigenvalue weighted by Gasteiger charge is -2.11. The molecule has 0 aromatic heterocycles. The first-order valence-corrected chi connectivity index (χ1v) is 4.71. The molecule has 72 valence electrons. The molecule has 0 spiro atoms. The highest BCUT2D eigenvalue weighted by molar-refractivity contribution is 9.10. The van der Waals surface area contributed by atoms with Gasteiger partial charge >= 0.3 is 0 Å². The zero-order valence-corrected chi connectivity index (χ0v) is 8.87. The van der Waals surface area contributed by atoms with Gasteiger partial charge in [0.1, 0.15) is 5.75 Å². The van der Waals surface area contributed by atoms with Crippen molar-refractivity contribution in [1.29, 1.82) is 0 Å². The van der Waals surface area contributed by atoms with E-state index in [4.69, 9.17) is 10.8 Å². The van der Waals surface area contributed by atoms with Crippen LogP contribution in [0.3, 0.4) is 0 Å². The molecule has 1 aromatic carbocycles. The van der Waals surface area contributed by atoms with Gasteiger partial charge < -0.3 is 15.9 Å². The minimum Gasteiger partial charge on any atom is -0.507 e. The summed E-state index contributed by atoms with van der Waals surface area (Å²) >= 11 is 3.23. The number of aryl methyl sites for hydroxylation is 1. The third-order valence-electron chi connectivity index (χ3n) is 1.88. The predicted molar refractivity (Wildman–Crippen MR) is 54.6 cm³/mol. The molecule has 0 radical (unpaired) electrons. The minimum atomic E-state index is -0.433. The van der Waals surface area contributed by atoms with Crippen LogP contribution < -0.4 is 5.73 Å². The molecule has 0 saturated heterocycles. The molecule has 0 aliphatic rings. The number of rotatable bonds is 2. The number of hydrogen-bond acceptors (Lipinski definition) is 3. The van der Waals surface area contributed by atoms with E-state index in [0.717, 1.165) is 11.1 Å². The summed E-state index contributed by atoms with van der Waals surface area (Å²) in [6.45, 7) is 1.73. The van der Waals surface area contributed by atoms with Crippen LogP contribution >= 0.6 is 15.9 Å². The fourth-order valence-corrected chi connectivity index (χ4v) is 1.33. The van der Waals surface area contributed by atoms with Crippen LogP contribution in [0, 0.1) is 6.92 Å². The Labute approximate surface area is 85.3 Å². The summed E-state index contributed by atoms with van der Waals surface area (Å²) < 4.78 is 0.668. The number of aromatic hydroxyl groups is 1. The Hall–Kier alpha value is -0.580. The fraction of sp³-hybridized carbons (Fsp3) is 0.333. The van der Waals surface area contributed by atoms with E-state index in [1.165, 1.54) is 0 Å². The second-order valence-electron chi connectivity index (χ2n) is 2.96. The van der Waals surface area contributed by atoms with Crippen LogP contribution in [-0.2, 0) is 0 Å². The number of aliphatic hydroxyl groups is 1. The molecule has 0 aliphatic heterocycles. The van der Waals surface area contributed by atoms with E-state index >= 15 is 0 Å². The van der Waals surface area contributed by atoms with Gasteiger partial charge in [0.05, 0.1) is 17.1 Å². The summed E-state index contributed by atoms with van der Waals surface area (Å²) in [4.78, 5) is 0. The number of hydrogen-bond donors (Lipinski definition) is 3. The normalized spacial score (nSPS) is 12.9. The van der Waals surface area contributed by atoms with Crippen molar-refractivity contribution in [3.05, 3.63) is 27.7 Å². The highest BCUT2D eigenvalue weighted by atomic mass is 79.9. The largest absolute Gasteiger partial charge is 0.507 e. The molecule has 1 aromatic rings. The molecule has 0 amide bonds. The molecule has 0 fully saturated rings. The van der Waals surface area contributed by atoms with Crippen LogP contribution in [0.5, 0.6) is 5.75 Å². The Balaban J connectivity index is 3.13. The van der Waals surface area contributed by atoms with E-state index in [2.05, 4.69) is 15.9 Å². The molecular weight excluding hydrogens is 234 g/mol. The Bertz CT molecular complexity index is 291. The lowest BCUT2D eigenvalue weighted by Crippen LogP contribution is -2.14. The number of aliphatic hydroxyl groups excluding tert-OH is 1. The van der Waals surface area contributed by atoms with Gasteiger partial charge in [0.25, 0.3) is 0 Å². The van der Waals surface area contributed by atoms with Crippen LogP contribution in [0.25, 0.3) is 0 Å². The third kappa shape index (κ3) is 2.21. The summed E-state index contributed by atoms with van der Waals surface area (Å²) in [5.74, 6) is 0.152. The Morgan fingerprint density at radius 3 is 2.62 bits per heavy atom. The molecule has 0 saturated carbocycles. The first kappa shape index (κ1) is 10.5. The van der Waals surface area contributed by atoms with Crippen molar-refractivity contribution in [3.8, 4) is 5.75 Å². The molecular formula is C9H12BrNO2. The van der Waals surface area contributed by atoms with Gasteiger partial charge in [0.15, 0.2) is 0 Å². The second kappa shape index (κ2) is 4.09. The van der Waals surface area contributed by atoms with Crippen molar-refractivity contribution in [3.63, 3.8) is 0 Å². The molecule has 13 heavy (non-hydrogen) atoms. The van der Waals surface area contributed by atoms with Crippen LogP contribution in [-0.4, -0.2) is 16.8 Å². The number of halogens is 1. The summed E-state index contributed by atoms with van der Waals surface area (Å²) in [5.41, 5.74) is 7.24. The first-order valence-electron chi connectivity index (χ1n) is 3.91. The summed E-state index contributed by atoms with van der Waals surface area (Å²) in [7, 11) is 0. The van der Waals surface area contributed by atoms with Crippen molar-refractivity contribution in [1.82, 2.24) is 0 Å². The van der Waals surface area contributed by atoms with Crippen molar-refractivity contribution < 1.29 is 10.2 Å². The molecule has 0 bridgehead atoms. The summed E-state index contributed by atoms with van der Waals surface area (Å²) in [5, 5.41) is 18.3. The highest BCUT2D eigenvalue weighted by Gasteiger charge is 2.09. The zero-order chi connectivity index (χ0) is 10.0. The average molecular weight is 246 g/mol. The van der Waals surface area contributed by atoms with Gasteiger partial charge in [-0.15, -0.1) is 0 Å². The van der Waals surface area contributed by atoms with Crippen molar-refractivity contribution in [2.24, 2.45) is 5.73 Å². The van der Waals surface area contributed by atoms with E-state index < -0.39 is 6.04 Å². The van der Waals surface area contributed by atoms with Gasteiger partial charge in [-0.1, -0.05) is 6.07 Å². The Morgan fingerprint density at radius 1 is 1.54 bits per heavy atom. The molecule has 0 aliphatic carbocycles. The van der Waals surface area contributed by atoms with Gasteiger partial charge in [0, 0.05) is 0 Å². The minimum absolute atomic E-state index is 0.124. The lowest BCUT2D eigenvalue weighted by molar-refractivity contribution is 0.267. The third-order valence-corrected chi connectivity index (χ3v) is 2.91. The monoisotopic (exact) mass is 245 g/mol. The van der Waals surface area contributed by atoms with Crippen LogP contribution in [0.15, 0.2) is 16.6 Å². The summed E-state index contributed by atoms with van der Waals surface area (Å²) in [6.07, 6.45) is 0. The van der Waals surface area contributed by atoms with Crippen LogP contribution in [0.1, 0.15) is 17.2 Å². The SMILES string of the molecule is Cc1cc(C(N)CO)cc(O)c1Br. The van der Waals surface area contributed by atoms with Crippen molar-refractivity contribution >= 4 is 15.9 Å². The van der Waals surface area contributed by atoms with E-state index in [-0.39, 0.29) is 12.4 Å². The van der Waals surface area contributed by atoms with E-state index in [1.54, 1.807) is 6.07 Å². The number of benzene rings is 1. The van der Waals surface area contributed by atoms with Gasteiger partial charge in [-0.3, -0.25) is 0 Å². The molecule has 1 unspecified atom stereocenters. The van der Waals surface area contributed by atoms with E-state index in [9.17, 15) is 5.11 Å². The molecule has 4 N–H and O–H groups in total. The van der Waals surface area contributed by atoms with Crippen LogP contribution in [0.4, 0.5) is 0 Å². The topological polar surface area (TPSA) is 66.5 Å². The molecule has 3 nitrogen and oxygen atoms in total. The van der Waals surface area contributed by atoms with Crippen molar-refractivity contribution in [2.45, 2.75) is 13.0 Å². The average Bonchev–Trinajstić information content (AvgIpc) is 2.12. The molecule has 0 heterocycles. The highest BCUT2D eigenvalue weighted by Crippen LogP contribution is 2.30. The summed E-state index contributed by atoms with van der Waals surface area (Å²) in [6, 6.07) is 2.96. The van der Waals surface area contributed by atoms with Gasteiger partial charge in [-0.05, 0) is 40.0 Å². The number of nitrogens with two attached hydrogens (primary N) is 1. The lowest BCUT2D eigenvalue weighted by atomic mass is 10.1. The first-order chi connectivity index (χ1) is 6.06. The Morgan fingerprint density at radius 2 is 2.15 bits per heavy atom. The predicted octanol–water partition coefficient (Wildman–Crippen LogP) is 1.46. The fourth-order valence-electron chi connectivity index (χ4n) is 1.10.